The minimum Gasteiger partial charge on any atom is -0.339 e. The largest absolute Gasteiger partial charge is 0.339 e. The number of hydrogen-bond donors (Lipinski definition) is 0. The molecular weight excluding hydrogens is 300 g/mol. The lowest BCUT2D eigenvalue weighted by Crippen LogP contribution is -2.41. The Kier molecular flexibility index (Phi) is 3.97. The molecule has 122 valence electrons. The molecule has 0 spiro atoms. The van der Waals surface area contributed by atoms with E-state index >= 15 is 0 Å². The van der Waals surface area contributed by atoms with Crippen LogP contribution in [-0.2, 0) is 0 Å². The van der Waals surface area contributed by atoms with E-state index in [1.165, 1.54) is 0 Å². The quantitative estimate of drug-likeness (QED) is 0.691. The zero-order valence-corrected chi connectivity index (χ0v) is 14.3. The van der Waals surface area contributed by atoms with Gasteiger partial charge in [0.05, 0.1) is 0 Å². The molecule has 3 aromatic rings. The predicted molar refractivity (Wildman–Crippen MR) is 99.8 cm³/mol. The second kappa shape index (κ2) is 5.96. The van der Waals surface area contributed by atoms with Crippen molar-refractivity contribution in [3.63, 3.8) is 0 Å². The van der Waals surface area contributed by atoms with Crippen molar-refractivity contribution in [2.75, 3.05) is 23.9 Å². The average molecular weight is 320 g/mol. The Morgan fingerprint density at radius 1 is 0.583 bits per heavy atom. The van der Waals surface area contributed by atoms with Crippen LogP contribution in [0.15, 0.2) is 58.1 Å². The molecule has 0 aliphatic heterocycles. The summed E-state index contributed by atoms with van der Waals surface area (Å²) < 4.78 is 0. The van der Waals surface area contributed by atoms with Crippen LogP contribution >= 0.6 is 0 Å². The van der Waals surface area contributed by atoms with Gasteiger partial charge in [-0.1, -0.05) is 35.4 Å². The van der Waals surface area contributed by atoms with Gasteiger partial charge in [-0.25, -0.2) is 0 Å². The Labute approximate surface area is 141 Å². The van der Waals surface area contributed by atoms with Crippen molar-refractivity contribution in [1.82, 2.24) is 0 Å². The maximum absolute atomic E-state index is 12.2. The average Bonchev–Trinajstić information content (AvgIpc) is 2.59. The number of benzene rings is 2. The van der Waals surface area contributed by atoms with Crippen molar-refractivity contribution < 1.29 is 0 Å². The second-order valence-electron chi connectivity index (χ2n) is 6.14. The minimum absolute atomic E-state index is 0.437. The van der Waals surface area contributed by atoms with E-state index in [1.54, 1.807) is 9.80 Å². The van der Waals surface area contributed by atoms with Gasteiger partial charge in [-0.05, 0) is 38.1 Å². The summed E-state index contributed by atoms with van der Waals surface area (Å²) in [5, 5.41) is 0. The molecule has 0 aliphatic rings. The highest BCUT2D eigenvalue weighted by Crippen LogP contribution is 2.32. The van der Waals surface area contributed by atoms with Crippen LogP contribution in [0, 0.1) is 13.8 Å². The summed E-state index contributed by atoms with van der Waals surface area (Å²) in [5.41, 5.74) is 4.05. The molecule has 0 atom stereocenters. The topological polar surface area (TPSA) is 40.6 Å². The lowest BCUT2D eigenvalue weighted by molar-refractivity contribution is 1.09. The van der Waals surface area contributed by atoms with Gasteiger partial charge in [-0.3, -0.25) is 9.59 Å². The molecule has 0 bridgehead atoms. The Morgan fingerprint density at radius 3 is 1.17 bits per heavy atom. The predicted octanol–water partition coefficient (Wildman–Crippen LogP) is 3.44. The van der Waals surface area contributed by atoms with E-state index in [1.807, 2.05) is 76.5 Å². The standard InChI is InChI=1S/C20H20N2O2/c1-13-5-9-15(10-6-13)21(3)17-18(20(24)19(17)23)22(4)16-11-7-14(2)8-12-16/h5-12H,1-4H3. The molecule has 0 saturated carbocycles. The smallest absolute Gasteiger partial charge is 0.253 e. The summed E-state index contributed by atoms with van der Waals surface area (Å²) in [4.78, 5) is 27.9. The minimum atomic E-state index is -0.438. The summed E-state index contributed by atoms with van der Waals surface area (Å²) in [6.07, 6.45) is 0. The third kappa shape index (κ3) is 2.60. The molecule has 0 amide bonds. The molecule has 0 N–H and O–H groups in total. The van der Waals surface area contributed by atoms with Crippen LogP contribution in [-0.4, -0.2) is 14.1 Å². The lowest BCUT2D eigenvalue weighted by Gasteiger charge is -2.28. The van der Waals surface area contributed by atoms with Gasteiger partial charge in [0, 0.05) is 25.5 Å². The Balaban J connectivity index is 2.00. The molecule has 0 unspecified atom stereocenters. The van der Waals surface area contributed by atoms with Gasteiger partial charge in [-0.15, -0.1) is 0 Å². The van der Waals surface area contributed by atoms with Crippen molar-refractivity contribution in [1.29, 1.82) is 0 Å². The van der Waals surface area contributed by atoms with E-state index in [-0.39, 0.29) is 0 Å². The maximum Gasteiger partial charge on any atom is 0.253 e. The molecule has 0 aromatic heterocycles. The first kappa shape index (κ1) is 16.0. The first-order chi connectivity index (χ1) is 11.4. The monoisotopic (exact) mass is 320 g/mol. The summed E-state index contributed by atoms with van der Waals surface area (Å²) >= 11 is 0. The summed E-state index contributed by atoms with van der Waals surface area (Å²) in [7, 11) is 3.63. The van der Waals surface area contributed by atoms with Gasteiger partial charge in [0.2, 0.25) is 0 Å². The molecule has 4 heteroatoms. The van der Waals surface area contributed by atoms with Crippen LogP contribution in [0.2, 0.25) is 0 Å². The molecule has 24 heavy (non-hydrogen) atoms. The molecule has 3 aromatic carbocycles. The zero-order chi connectivity index (χ0) is 17.4. The second-order valence-corrected chi connectivity index (χ2v) is 6.14. The SMILES string of the molecule is Cc1ccc(N(C)c2c(N(C)c3ccc(C)cc3)c(=O)c2=O)cc1. The number of aryl methyl sites for hydroxylation is 2. The van der Waals surface area contributed by atoms with Crippen molar-refractivity contribution >= 4 is 22.7 Å². The molecule has 0 fully saturated rings. The fraction of sp³-hybridized carbons (Fsp3) is 0.200. The van der Waals surface area contributed by atoms with Crippen LogP contribution in [0.5, 0.6) is 0 Å². The highest BCUT2D eigenvalue weighted by atomic mass is 16.2. The van der Waals surface area contributed by atoms with Crippen LogP contribution in [0.25, 0.3) is 0 Å². The molecule has 3 rings (SSSR count). The van der Waals surface area contributed by atoms with Gasteiger partial charge in [-0.2, -0.15) is 0 Å². The third-order valence-electron chi connectivity index (χ3n) is 4.37. The van der Waals surface area contributed by atoms with Crippen LogP contribution in [0.1, 0.15) is 11.1 Å². The first-order valence-corrected chi connectivity index (χ1v) is 7.84. The van der Waals surface area contributed by atoms with Crippen molar-refractivity contribution in [2.24, 2.45) is 0 Å². The van der Waals surface area contributed by atoms with E-state index < -0.39 is 10.9 Å². The van der Waals surface area contributed by atoms with Crippen LogP contribution in [0.3, 0.4) is 0 Å². The fourth-order valence-electron chi connectivity index (χ4n) is 2.78. The molecule has 0 saturated heterocycles. The fourth-order valence-corrected chi connectivity index (χ4v) is 2.78. The van der Waals surface area contributed by atoms with Gasteiger partial charge in [0.25, 0.3) is 10.9 Å². The van der Waals surface area contributed by atoms with Crippen LogP contribution < -0.4 is 20.7 Å². The highest BCUT2D eigenvalue weighted by molar-refractivity contribution is 5.84. The van der Waals surface area contributed by atoms with E-state index in [2.05, 4.69) is 0 Å². The molecule has 0 aliphatic carbocycles. The zero-order valence-electron chi connectivity index (χ0n) is 14.3. The summed E-state index contributed by atoms with van der Waals surface area (Å²) in [6, 6.07) is 15.7. The maximum atomic E-state index is 12.2. The molecular formula is C20H20N2O2. The molecule has 4 nitrogen and oxygen atoms in total. The van der Waals surface area contributed by atoms with E-state index in [0.717, 1.165) is 22.5 Å². The lowest BCUT2D eigenvalue weighted by atomic mass is 10.1. The van der Waals surface area contributed by atoms with E-state index in [9.17, 15) is 9.59 Å². The summed E-state index contributed by atoms with van der Waals surface area (Å²) in [6.45, 7) is 4.02. The third-order valence-corrected chi connectivity index (χ3v) is 4.37. The molecule has 0 radical (unpaired) electrons. The van der Waals surface area contributed by atoms with Crippen molar-refractivity contribution in [3.05, 3.63) is 80.1 Å². The van der Waals surface area contributed by atoms with E-state index in [0.29, 0.717) is 11.4 Å². The summed E-state index contributed by atoms with van der Waals surface area (Å²) in [5.74, 6) is 0. The Hall–Kier alpha value is -2.88. The number of rotatable bonds is 4. The normalized spacial score (nSPS) is 10.8. The highest BCUT2D eigenvalue weighted by Gasteiger charge is 2.28. The van der Waals surface area contributed by atoms with Gasteiger partial charge >= 0.3 is 0 Å². The van der Waals surface area contributed by atoms with E-state index in [4.69, 9.17) is 0 Å². The Bertz CT molecular complexity index is 854. The number of hydrogen-bond acceptors (Lipinski definition) is 4. The van der Waals surface area contributed by atoms with Gasteiger partial charge in [0.15, 0.2) is 0 Å². The Morgan fingerprint density at radius 2 is 0.875 bits per heavy atom. The number of anilines is 4. The first-order valence-electron chi connectivity index (χ1n) is 7.84. The van der Waals surface area contributed by atoms with Gasteiger partial charge in [0.1, 0.15) is 11.4 Å². The van der Waals surface area contributed by atoms with Crippen molar-refractivity contribution in [2.45, 2.75) is 13.8 Å². The van der Waals surface area contributed by atoms with Gasteiger partial charge < -0.3 is 9.80 Å². The number of nitrogens with zero attached hydrogens (tertiary/aromatic N) is 2. The van der Waals surface area contributed by atoms with Crippen molar-refractivity contribution in [3.8, 4) is 0 Å². The molecule has 0 heterocycles. The van der Waals surface area contributed by atoms with Crippen LogP contribution in [0.4, 0.5) is 22.7 Å².